The van der Waals surface area contributed by atoms with E-state index in [1.165, 1.54) is 16.6 Å². The van der Waals surface area contributed by atoms with Gasteiger partial charge in [0.25, 0.3) is 5.56 Å². The molecule has 4 heterocycles. The number of imidazole rings is 2. The van der Waals surface area contributed by atoms with Crippen LogP contribution in [0.4, 0.5) is 0 Å². The van der Waals surface area contributed by atoms with Crippen molar-refractivity contribution in [2.24, 2.45) is 7.05 Å². The predicted molar refractivity (Wildman–Crippen MR) is 134 cm³/mol. The summed E-state index contributed by atoms with van der Waals surface area (Å²) in [6.07, 6.45) is 2.33. The van der Waals surface area contributed by atoms with E-state index in [1.54, 1.807) is 7.05 Å². The number of piperazine rings is 1. The Bertz CT molecular complexity index is 1420. The lowest BCUT2D eigenvalue weighted by molar-refractivity contribution is 0.128. The van der Waals surface area contributed by atoms with Crippen LogP contribution in [-0.4, -0.2) is 72.6 Å². The summed E-state index contributed by atoms with van der Waals surface area (Å²) in [6, 6.07) is 10.7. The van der Waals surface area contributed by atoms with Crippen LogP contribution in [-0.2, 0) is 20.0 Å². The number of H-pyrrole nitrogens is 1. The molecule has 9 nitrogen and oxygen atoms in total. The molecule has 1 aromatic carbocycles. The average Bonchev–Trinajstić information content (AvgIpc) is 3.34. The van der Waals surface area contributed by atoms with E-state index in [0.29, 0.717) is 11.2 Å². The van der Waals surface area contributed by atoms with Gasteiger partial charge in [0.15, 0.2) is 11.2 Å². The number of aromatic amines is 1. The van der Waals surface area contributed by atoms with Crippen LogP contribution in [0.1, 0.15) is 23.4 Å². The van der Waals surface area contributed by atoms with Crippen LogP contribution >= 0.6 is 0 Å². The molecule has 9 heteroatoms. The maximum atomic E-state index is 12.5. The van der Waals surface area contributed by atoms with Crippen LogP contribution < -0.4 is 11.2 Å². The van der Waals surface area contributed by atoms with Gasteiger partial charge < -0.3 is 9.47 Å². The highest BCUT2D eigenvalue weighted by Crippen LogP contribution is 2.20. The van der Waals surface area contributed by atoms with Crippen molar-refractivity contribution in [3.8, 4) is 0 Å². The third-order valence-corrected chi connectivity index (χ3v) is 7.29. The first-order chi connectivity index (χ1) is 16.4. The third kappa shape index (κ3) is 4.10. The van der Waals surface area contributed by atoms with Crippen molar-refractivity contribution in [3.05, 3.63) is 68.1 Å². The molecule has 5 rings (SSSR count). The monoisotopic (exact) mass is 463 g/mol. The summed E-state index contributed by atoms with van der Waals surface area (Å²) in [5.74, 6) is 0.719. The normalized spacial score (nSPS) is 15.6. The molecule has 0 amide bonds. The molecule has 0 aliphatic carbocycles. The van der Waals surface area contributed by atoms with Gasteiger partial charge >= 0.3 is 5.69 Å². The van der Waals surface area contributed by atoms with Crippen molar-refractivity contribution in [2.75, 3.05) is 39.3 Å². The van der Waals surface area contributed by atoms with Crippen LogP contribution in [0.5, 0.6) is 0 Å². The summed E-state index contributed by atoms with van der Waals surface area (Å²) in [5, 5.41) is 0. The van der Waals surface area contributed by atoms with Crippen LogP contribution in [0.3, 0.4) is 0 Å². The Morgan fingerprint density at radius 2 is 1.59 bits per heavy atom. The van der Waals surface area contributed by atoms with E-state index in [2.05, 4.69) is 56.6 Å². The van der Waals surface area contributed by atoms with Crippen molar-refractivity contribution < 1.29 is 0 Å². The van der Waals surface area contributed by atoms with Gasteiger partial charge in [-0.1, -0.05) is 30.3 Å². The van der Waals surface area contributed by atoms with Gasteiger partial charge in [-0.05, 0) is 38.8 Å². The van der Waals surface area contributed by atoms with Crippen LogP contribution in [0, 0.1) is 13.8 Å². The van der Waals surface area contributed by atoms with Crippen molar-refractivity contribution in [3.63, 3.8) is 0 Å². The van der Waals surface area contributed by atoms with Gasteiger partial charge in [0.1, 0.15) is 0 Å². The standard InChI is InChI=1S/C25H33N7O2/c1-18-19(2)32-21-22(28(3)25(34)27-23(21)33)26-24(32)31(18)17-16-30-14-12-29(13-15-30)11-7-10-20-8-5-4-6-9-20/h4-6,8-9H,7,10-17H2,1-3H3,(H,27,33,34). The fourth-order valence-corrected chi connectivity index (χ4v) is 5.07. The van der Waals surface area contributed by atoms with Crippen LogP contribution in [0.15, 0.2) is 39.9 Å². The zero-order valence-corrected chi connectivity index (χ0v) is 20.3. The summed E-state index contributed by atoms with van der Waals surface area (Å²) in [6.45, 7) is 11.3. The fourth-order valence-electron chi connectivity index (χ4n) is 5.07. The number of nitrogens with one attached hydrogen (secondary N) is 1. The molecule has 1 saturated heterocycles. The van der Waals surface area contributed by atoms with Crippen molar-refractivity contribution >= 4 is 16.9 Å². The number of fused-ring (bicyclic) bond motifs is 3. The van der Waals surface area contributed by atoms with Crippen molar-refractivity contribution in [1.82, 2.24) is 33.3 Å². The van der Waals surface area contributed by atoms with E-state index in [4.69, 9.17) is 4.98 Å². The smallest absolute Gasteiger partial charge is 0.313 e. The van der Waals surface area contributed by atoms with E-state index < -0.39 is 11.2 Å². The Morgan fingerprint density at radius 1 is 0.912 bits per heavy atom. The molecule has 1 N–H and O–H groups in total. The van der Waals surface area contributed by atoms with Gasteiger partial charge in [0.2, 0.25) is 5.78 Å². The Kier molecular flexibility index (Phi) is 6.14. The first-order valence-electron chi connectivity index (χ1n) is 12.1. The van der Waals surface area contributed by atoms with E-state index in [9.17, 15) is 9.59 Å². The van der Waals surface area contributed by atoms with Gasteiger partial charge in [-0.25, -0.2) is 4.79 Å². The topological polar surface area (TPSA) is 83.6 Å². The maximum absolute atomic E-state index is 12.5. The lowest BCUT2D eigenvalue weighted by Crippen LogP contribution is -2.47. The molecular formula is C25H33N7O2. The number of hydrogen-bond acceptors (Lipinski definition) is 5. The van der Waals surface area contributed by atoms with E-state index in [0.717, 1.165) is 69.4 Å². The molecule has 3 aromatic heterocycles. The third-order valence-electron chi connectivity index (χ3n) is 7.29. The molecule has 1 aliphatic heterocycles. The predicted octanol–water partition coefficient (Wildman–Crippen LogP) is 1.54. The highest BCUT2D eigenvalue weighted by Gasteiger charge is 2.22. The molecule has 0 saturated carbocycles. The minimum absolute atomic E-state index is 0.394. The number of benzene rings is 1. The SMILES string of the molecule is Cc1c(C)n2c3c(=O)[nH]c(=O)n(C)c3nc2n1CCN1CCN(CCCc2ccccc2)CC1. The van der Waals surface area contributed by atoms with Gasteiger partial charge in [0, 0.05) is 57.7 Å². The lowest BCUT2D eigenvalue weighted by Gasteiger charge is -2.34. The minimum atomic E-state index is -0.444. The molecule has 180 valence electrons. The van der Waals surface area contributed by atoms with E-state index in [-0.39, 0.29) is 0 Å². The Morgan fingerprint density at radius 3 is 2.29 bits per heavy atom. The fraction of sp³-hybridized carbons (Fsp3) is 0.480. The number of hydrogen-bond donors (Lipinski definition) is 1. The zero-order chi connectivity index (χ0) is 23.8. The maximum Gasteiger partial charge on any atom is 0.329 e. The zero-order valence-electron chi connectivity index (χ0n) is 20.3. The summed E-state index contributed by atoms with van der Waals surface area (Å²) < 4.78 is 5.46. The van der Waals surface area contributed by atoms with Crippen molar-refractivity contribution in [2.45, 2.75) is 33.2 Å². The number of aryl methyl sites for hydroxylation is 3. The Labute approximate surface area is 198 Å². The molecular weight excluding hydrogens is 430 g/mol. The number of aromatic nitrogens is 5. The molecule has 0 spiro atoms. The van der Waals surface area contributed by atoms with Crippen molar-refractivity contribution in [1.29, 1.82) is 0 Å². The minimum Gasteiger partial charge on any atom is -0.313 e. The molecule has 1 fully saturated rings. The van der Waals surface area contributed by atoms with Crippen LogP contribution in [0.25, 0.3) is 16.9 Å². The van der Waals surface area contributed by atoms with Gasteiger partial charge in [-0.15, -0.1) is 0 Å². The molecule has 1 aliphatic rings. The quantitative estimate of drug-likeness (QED) is 0.450. The molecule has 0 atom stereocenters. The Balaban J connectivity index is 1.23. The first kappa shape index (κ1) is 22.6. The first-order valence-corrected chi connectivity index (χ1v) is 12.1. The van der Waals surface area contributed by atoms with E-state index in [1.807, 2.05) is 11.3 Å². The second kappa shape index (κ2) is 9.23. The summed E-state index contributed by atoms with van der Waals surface area (Å²) in [4.78, 5) is 36.7. The number of rotatable bonds is 7. The van der Waals surface area contributed by atoms with Gasteiger partial charge in [-0.2, -0.15) is 4.98 Å². The molecule has 4 aromatic rings. The molecule has 0 bridgehead atoms. The molecule has 0 radical (unpaired) electrons. The lowest BCUT2D eigenvalue weighted by atomic mass is 10.1. The highest BCUT2D eigenvalue weighted by molar-refractivity contribution is 5.76. The highest BCUT2D eigenvalue weighted by atomic mass is 16.2. The second-order valence-corrected chi connectivity index (χ2v) is 9.33. The Hall–Kier alpha value is -3.17. The van der Waals surface area contributed by atoms with Gasteiger partial charge in [-0.3, -0.25) is 23.6 Å². The summed E-state index contributed by atoms with van der Waals surface area (Å²) in [7, 11) is 1.64. The summed E-state index contributed by atoms with van der Waals surface area (Å²) in [5.41, 5.74) is 3.50. The molecule has 0 unspecified atom stereocenters. The average molecular weight is 464 g/mol. The second-order valence-electron chi connectivity index (χ2n) is 9.33. The van der Waals surface area contributed by atoms with Crippen LogP contribution in [0.2, 0.25) is 0 Å². The van der Waals surface area contributed by atoms with Gasteiger partial charge in [0.05, 0.1) is 0 Å². The summed E-state index contributed by atoms with van der Waals surface area (Å²) >= 11 is 0. The largest absolute Gasteiger partial charge is 0.329 e. The number of nitrogens with zero attached hydrogens (tertiary/aromatic N) is 6. The van der Waals surface area contributed by atoms with E-state index >= 15 is 0 Å². The molecule has 34 heavy (non-hydrogen) atoms.